The smallest absolute Gasteiger partial charge is 0.262 e. The molecule has 3 amide bonds. The van der Waals surface area contributed by atoms with Gasteiger partial charge in [0.05, 0.1) is 6.42 Å². The topological polar surface area (TPSA) is 120 Å². The molecule has 4 N–H and O–H groups in total. The second-order valence-corrected chi connectivity index (χ2v) is 5.68. The molecule has 8 nitrogen and oxygen atoms in total. The Morgan fingerprint density at radius 1 is 0.852 bits per heavy atom. The molecule has 0 aliphatic heterocycles. The highest BCUT2D eigenvalue weighted by atomic mass is 16.5. The molecule has 0 radical (unpaired) electrons. The number of hydrogen-bond acceptors (Lipinski definition) is 5. The minimum atomic E-state index is -0.410. The summed E-state index contributed by atoms with van der Waals surface area (Å²) in [7, 11) is 1.44. The zero-order valence-corrected chi connectivity index (χ0v) is 14.9. The van der Waals surface area contributed by atoms with Crippen LogP contribution in [0.4, 0.5) is 11.4 Å². The van der Waals surface area contributed by atoms with E-state index in [9.17, 15) is 14.4 Å². The van der Waals surface area contributed by atoms with Gasteiger partial charge >= 0.3 is 0 Å². The lowest BCUT2D eigenvalue weighted by molar-refractivity contribution is -0.120. The maximum absolute atomic E-state index is 12.0. The van der Waals surface area contributed by atoms with Gasteiger partial charge in [0.15, 0.2) is 6.61 Å². The van der Waals surface area contributed by atoms with E-state index in [1.165, 1.54) is 7.11 Å². The molecule has 2 aromatic rings. The molecule has 0 heterocycles. The van der Waals surface area contributed by atoms with E-state index >= 15 is 0 Å². The van der Waals surface area contributed by atoms with Crippen LogP contribution in [0.5, 0.6) is 5.75 Å². The summed E-state index contributed by atoms with van der Waals surface area (Å²) < 4.78 is 10.1. The third-order valence-corrected chi connectivity index (χ3v) is 3.40. The number of nitrogens with one attached hydrogen (secondary N) is 2. The molecule has 0 bridgehead atoms. The molecule has 0 aromatic heterocycles. The summed E-state index contributed by atoms with van der Waals surface area (Å²) in [5, 5.41) is 5.35. The van der Waals surface area contributed by atoms with Gasteiger partial charge in [-0.25, -0.2) is 0 Å². The molecule has 0 aliphatic carbocycles. The predicted molar refractivity (Wildman–Crippen MR) is 100 cm³/mol. The van der Waals surface area contributed by atoms with E-state index in [2.05, 4.69) is 10.6 Å². The van der Waals surface area contributed by atoms with E-state index in [-0.39, 0.29) is 31.4 Å². The third-order valence-electron chi connectivity index (χ3n) is 3.40. The molecule has 0 fully saturated rings. The highest BCUT2D eigenvalue weighted by molar-refractivity contribution is 5.93. The molecule has 2 aromatic carbocycles. The van der Waals surface area contributed by atoms with Crippen molar-refractivity contribution in [3.63, 3.8) is 0 Å². The Kier molecular flexibility index (Phi) is 7.33. The van der Waals surface area contributed by atoms with Crippen LogP contribution in [0.15, 0.2) is 48.5 Å². The fourth-order valence-electron chi connectivity index (χ4n) is 2.22. The number of amides is 3. The van der Waals surface area contributed by atoms with Crippen molar-refractivity contribution in [3.8, 4) is 5.75 Å². The lowest BCUT2D eigenvalue weighted by atomic mass is 10.1. The zero-order chi connectivity index (χ0) is 19.6. The van der Waals surface area contributed by atoms with Gasteiger partial charge in [-0.15, -0.1) is 0 Å². The standard InChI is InChI=1S/C19H21N3O5/c1-26-11-18(24)21-14-4-6-15(7-5-14)22-19(25)12-27-16-8-2-13(3-9-16)10-17(20)23/h2-9H,10-12H2,1H3,(H2,20,23)(H,21,24)(H,22,25). The van der Waals surface area contributed by atoms with Gasteiger partial charge in [0, 0.05) is 18.5 Å². The quantitative estimate of drug-likeness (QED) is 0.614. The first kappa shape index (κ1) is 19.9. The van der Waals surface area contributed by atoms with Crippen molar-refractivity contribution >= 4 is 29.1 Å². The number of hydrogen-bond donors (Lipinski definition) is 3. The van der Waals surface area contributed by atoms with Crippen LogP contribution >= 0.6 is 0 Å². The van der Waals surface area contributed by atoms with Crippen molar-refractivity contribution in [1.29, 1.82) is 0 Å². The van der Waals surface area contributed by atoms with E-state index in [0.717, 1.165) is 5.56 Å². The second kappa shape index (κ2) is 9.93. The Morgan fingerprint density at radius 2 is 1.37 bits per heavy atom. The van der Waals surface area contributed by atoms with Crippen LogP contribution in [0.3, 0.4) is 0 Å². The van der Waals surface area contributed by atoms with Crippen LogP contribution in [-0.2, 0) is 25.5 Å². The highest BCUT2D eigenvalue weighted by Gasteiger charge is 2.06. The lowest BCUT2D eigenvalue weighted by Crippen LogP contribution is -2.20. The fraction of sp³-hybridized carbons (Fsp3) is 0.211. The van der Waals surface area contributed by atoms with Gasteiger partial charge in [-0.05, 0) is 42.0 Å². The third kappa shape index (κ3) is 7.17. The van der Waals surface area contributed by atoms with Gasteiger partial charge in [-0.2, -0.15) is 0 Å². The maximum atomic E-state index is 12.0. The number of primary amides is 1. The normalized spacial score (nSPS) is 10.1. The molecule has 0 aliphatic rings. The number of nitrogens with two attached hydrogens (primary N) is 1. The first-order chi connectivity index (χ1) is 13.0. The van der Waals surface area contributed by atoms with Crippen LogP contribution < -0.4 is 21.1 Å². The van der Waals surface area contributed by atoms with Gasteiger partial charge in [0.2, 0.25) is 11.8 Å². The minimum absolute atomic E-state index is 0.0284. The molecule has 0 saturated heterocycles. The van der Waals surface area contributed by atoms with Crippen LogP contribution in [0, 0.1) is 0 Å². The molecule has 0 unspecified atom stereocenters. The Bertz CT molecular complexity index is 788. The average Bonchev–Trinajstić information content (AvgIpc) is 2.62. The van der Waals surface area contributed by atoms with Gasteiger partial charge in [-0.1, -0.05) is 12.1 Å². The zero-order valence-electron chi connectivity index (χ0n) is 14.9. The number of carbonyl (C=O) groups is 3. The van der Waals surface area contributed by atoms with Crippen LogP contribution in [-0.4, -0.2) is 38.0 Å². The molecule has 0 saturated carbocycles. The van der Waals surface area contributed by atoms with Crippen LogP contribution in [0.25, 0.3) is 0 Å². The Balaban J connectivity index is 1.79. The van der Waals surface area contributed by atoms with Crippen molar-refractivity contribution in [1.82, 2.24) is 0 Å². The summed E-state index contributed by atoms with van der Waals surface area (Å²) in [4.78, 5) is 34.2. The summed E-state index contributed by atoms with van der Waals surface area (Å²) in [6, 6.07) is 13.4. The average molecular weight is 371 g/mol. The largest absolute Gasteiger partial charge is 0.484 e. The lowest BCUT2D eigenvalue weighted by Gasteiger charge is -2.09. The van der Waals surface area contributed by atoms with Crippen molar-refractivity contribution < 1.29 is 23.9 Å². The molecule has 0 atom stereocenters. The molecular formula is C19H21N3O5. The summed E-state index contributed by atoms with van der Waals surface area (Å²) in [5.74, 6) is -0.487. The molecule has 2 rings (SSSR count). The van der Waals surface area contributed by atoms with Crippen molar-refractivity contribution in [2.75, 3.05) is 31.0 Å². The van der Waals surface area contributed by atoms with Gasteiger partial charge in [0.1, 0.15) is 12.4 Å². The number of anilines is 2. The SMILES string of the molecule is COCC(=O)Nc1ccc(NC(=O)COc2ccc(CC(N)=O)cc2)cc1. The van der Waals surface area contributed by atoms with E-state index in [0.29, 0.717) is 17.1 Å². The monoisotopic (exact) mass is 371 g/mol. The van der Waals surface area contributed by atoms with Crippen LogP contribution in [0.1, 0.15) is 5.56 Å². The molecular weight excluding hydrogens is 350 g/mol. The number of ether oxygens (including phenoxy) is 2. The van der Waals surface area contributed by atoms with Crippen molar-refractivity contribution in [2.24, 2.45) is 5.73 Å². The fourth-order valence-corrected chi connectivity index (χ4v) is 2.22. The predicted octanol–water partition coefficient (Wildman–Crippen LogP) is 1.32. The molecule has 142 valence electrons. The molecule has 8 heteroatoms. The molecule has 0 spiro atoms. The summed E-state index contributed by atoms with van der Waals surface area (Å²) in [5.41, 5.74) is 7.08. The first-order valence-corrected chi connectivity index (χ1v) is 8.15. The number of rotatable bonds is 9. The summed E-state index contributed by atoms with van der Waals surface area (Å²) in [6.07, 6.45) is 0.155. The van der Waals surface area contributed by atoms with E-state index < -0.39 is 5.91 Å². The van der Waals surface area contributed by atoms with Gasteiger partial charge in [0.25, 0.3) is 5.91 Å². The Labute approximate surface area is 156 Å². The Hall–Kier alpha value is -3.39. The maximum Gasteiger partial charge on any atom is 0.262 e. The first-order valence-electron chi connectivity index (χ1n) is 8.15. The molecule has 27 heavy (non-hydrogen) atoms. The van der Waals surface area contributed by atoms with E-state index in [1.807, 2.05) is 0 Å². The summed E-state index contributed by atoms with van der Waals surface area (Å²) in [6.45, 7) is -0.194. The van der Waals surface area contributed by atoms with Gasteiger partial charge < -0.3 is 25.8 Å². The van der Waals surface area contributed by atoms with Gasteiger partial charge in [-0.3, -0.25) is 14.4 Å². The highest BCUT2D eigenvalue weighted by Crippen LogP contribution is 2.15. The second-order valence-electron chi connectivity index (χ2n) is 5.68. The summed E-state index contributed by atoms with van der Waals surface area (Å²) >= 11 is 0. The van der Waals surface area contributed by atoms with Crippen LogP contribution in [0.2, 0.25) is 0 Å². The number of methoxy groups -OCH3 is 1. The van der Waals surface area contributed by atoms with Crippen molar-refractivity contribution in [3.05, 3.63) is 54.1 Å². The number of carbonyl (C=O) groups excluding carboxylic acids is 3. The van der Waals surface area contributed by atoms with Crippen molar-refractivity contribution in [2.45, 2.75) is 6.42 Å². The van der Waals surface area contributed by atoms with E-state index in [1.54, 1.807) is 48.5 Å². The minimum Gasteiger partial charge on any atom is -0.484 e. The number of benzene rings is 2. The Morgan fingerprint density at radius 3 is 1.85 bits per heavy atom. The van der Waals surface area contributed by atoms with E-state index in [4.69, 9.17) is 15.2 Å².